The van der Waals surface area contributed by atoms with Crippen molar-refractivity contribution in [3.05, 3.63) is 44.3 Å². The van der Waals surface area contributed by atoms with Crippen molar-refractivity contribution in [1.82, 2.24) is 9.36 Å². The van der Waals surface area contributed by atoms with Gasteiger partial charge in [0.2, 0.25) is 0 Å². The van der Waals surface area contributed by atoms with Gasteiger partial charge in [0.1, 0.15) is 5.69 Å². The quantitative estimate of drug-likeness (QED) is 0.944. The molecule has 0 radical (unpaired) electrons. The summed E-state index contributed by atoms with van der Waals surface area (Å²) >= 11 is 12.1. The van der Waals surface area contributed by atoms with Crippen LogP contribution in [0, 0.1) is 0 Å². The van der Waals surface area contributed by atoms with E-state index in [1.807, 2.05) is 11.6 Å². The van der Waals surface area contributed by atoms with Crippen LogP contribution >= 0.6 is 23.2 Å². The second-order valence-corrected chi connectivity index (χ2v) is 5.85. The first-order chi connectivity index (χ1) is 9.54. The maximum atomic E-state index is 12.5. The van der Waals surface area contributed by atoms with E-state index in [4.69, 9.17) is 28.9 Å². The molecule has 0 unspecified atom stereocenters. The number of rotatable bonds is 3. The summed E-state index contributed by atoms with van der Waals surface area (Å²) in [7, 11) is 0. The van der Waals surface area contributed by atoms with Crippen molar-refractivity contribution in [3.63, 3.8) is 0 Å². The SMILES string of the molecule is CCn1c(C2CC2)c(N)c(=O)n1-c1ccc(Cl)cc1Cl. The Hall–Kier alpha value is -1.39. The number of benzene rings is 1. The van der Waals surface area contributed by atoms with E-state index in [1.165, 1.54) is 0 Å². The number of anilines is 1. The first-order valence-corrected chi connectivity index (χ1v) is 7.36. The Balaban J connectivity index is 2.28. The fourth-order valence-corrected chi connectivity index (χ4v) is 3.06. The summed E-state index contributed by atoms with van der Waals surface area (Å²) in [4.78, 5) is 12.5. The Morgan fingerprint density at radius 2 is 2.05 bits per heavy atom. The average molecular weight is 312 g/mol. The van der Waals surface area contributed by atoms with Crippen LogP contribution in [0.25, 0.3) is 5.69 Å². The van der Waals surface area contributed by atoms with Crippen LogP contribution < -0.4 is 11.3 Å². The molecule has 0 atom stereocenters. The Labute approximate surface area is 126 Å². The molecule has 106 valence electrons. The van der Waals surface area contributed by atoms with Crippen molar-refractivity contribution in [2.75, 3.05) is 5.73 Å². The molecule has 4 nitrogen and oxygen atoms in total. The van der Waals surface area contributed by atoms with Gasteiger partial charge < -0.3 is 5.73 Å². The molecule has 0 bridgehead atoms. The molecular formula is C14H15Cl2N3O. The van der Waals surface area contributed by atoms with Gasteiger partial charge in [-0.05, 0) is 38.0 Å². The van der Waals surface area contributed by atoms with Gasteiger partial charge in [0, 0.05) is 17.5 Å². The normalized spacial score (nSPS) is 14.8. The van der Waals surface area contributed by atoms with Crippen LogP contribution in [-0.4, -0.2) is 9.36 Å². The van der Waals surface area contributed by atoms with Gasteiger partial charge >= 0.3 is 0 Å². The molecule has 1 aromatic heterocycles. The first kappa shape index (κ1) is 13.6. The third-order valence-corrected chi connectivity index (χ3v) is 4.16. The van der Waals surface area contributed by atoms with Crippen LogP contribution in [0.15, 0.2) is 23.0 Å². The zero-order valence-corrected chi connectivity index (χ0v) is 12.6. The van der Waals surface area contributed by atoms with Crippen LogP contribution in [0.3, 0.4) is 0 Å². The van der Waals surface area contributed by atoms with E-state index < -0.39 is 0 Å². The Morgan fingerprint density at radius 3 is 2.60 bits per heavy atom. The van der Waals surface area contributed by atoms with Gasteiger partial charge in [-0.2, -0.15) is 0 Å². The smallest absolute Gasteiger partial charge is 0.294 e. The minimum absolute atomic E-state index is 0.210. The van der Waals surface area contributed by atoms with Crippen molar-refractivity contribution in [1.29, 1.82) is 0 Å². The summed E-state index contributed by atoms with van der Waals surface area (Å²) in [6.07, 6.45) is 2.17. The van der Waals surface area contributed by atoms with E-state index in [0.717, 1.165) is 18.5 Å². The molecule has 1 heterocycles. The summed E-state index contributed by atoms with van der Waals surface area (Å²) in [5.41, 5.74) is 7.68. The zero-order valence-electron chi connectivity index (χ0n) is 11.1. The van der Waals surface area contributed by atoms with E-state index in [0.29, 0.717) is 33.9 Å². The third-order valence-electron chi connectivity index (χ3n) is 3.62. The highest BCUT2D eigenvalue weighted by Crippen LogP contribution is 2.42. The van der Waals surface area contributed by atoms with Crippen molar-refractivity contribution >= 4 is 28.9 Å². The monoisotopic (exact) mass is 311 g/mol. The zero-order chi connectivity index (χ0) is 14.4. The lowest BCUT2D eigenvalue weighted by molar-refractivity contribution is 0.549. The number of nitrogen functional groups attached to an aromatic ring is 1. The first-order valence-electron chi connectivity index (χ1n) is 6.61. The van der Waals surface area contributed by atoms with Crippen LogP contribution in [0.2, 0.25) is 10.0 Å². The molecule has 1 aromatic carbocycles. The summed E-state index contributed by atoms with van der Waals surface area (Å²) < 4.78 is 3.48. The molecule has 2 aromatic rings. The van der Waals surface area contributed by atoms with Gasteiger partial charge in [-0.1, -0.05) is 23.2 Å². The Kier molecular flexibility index (Phi) is 3.30. The fraction of sp³-hybridized carbons (Fsp3) is 0.357. The minimum atomic E-state index is -0.210. The topological polar surface area (TPSA) is 52.9 Å². The van der Waals surface area contributed by atoms with E-state index >= 15 is 0 Å². The summed E-state index contributed by atoms with van der Waals surface area (Å²) in [6.45, 7) is 2.66. The molecule has 20 heavy (non-hydrogen) atoms. The number of halogens is 2. The van der Waals surface area contributed by atoms with Crippen LogP contribution in [-0.2, 0) is 6.54 Å². The van der Waals surface area contributed by atoms with Crippen molar-refractivity contribution in [2.24, 2.45) is 0 Å². The second kappa shape index (κ2) is 4.86. The van der Waals surface area contributed by atoms with E-state index in [-0.39, 0.29) is 5.56 Å². The molecule has 1 fully saturated rings. The van der Waals surface area contributed by atoms with Gasteiger partial charge in [-0.3, -0.25) is 9.48 Å². The van der Waals surface area contributed by atoms with Crippen LogP contribution in [0.5, 0.6) is 0 Å². The maximum absolute atomic E-state index is 12.5. The largest absolute Gasteiger partial charge is 0.393 e. The standard InChI is InChI=1S/C14H15Cl2N3O/c1-2-18-13(8-3-4-8)12(17)14(20)19(18)11-6-5-9(15)7-10(11)16/h5-8H,2-4,17H2,1H3. The highest BCUT2D eigenvalue weighted by atomic mass is 35.5. The summed E-state index contributed by atoms with van der Waals surface area (Å²) in [5, 5.41) is 0.978. The lowest BCUT2D eigenvalue weighted by Crippen LogP contribution is -2.22. The van der Waals surface area contributed by atoms with Gasteiger partial charge in [0.05, 0.1) is 16.4 Å². The molecule has 0 amide bonds. The molecule has 3 rings (SSSR count). The minimum Gasteiger partial charge on any atom is -0.393 e. The lowest BCUT2D eigenvalue weighted by atomic mass is 10.2. The molecule has 0 aliphatic heterocycles. The van der Waals surface area contributed by atoms with Crippen molar-refractivity contribution in [3.8, 4) is 5.69 Å². The number of hydrogen-bond acceptors (Lipinski definition) is 2. The van der Waals surface area contributed by atoms with E-state index in [9.17, 15) is 4.79 Å². The maximum Gasteiger partial charge on any atom is 0.294 e. The van der Waals surface area contributed by atoms with Crippen molar-refractivity contribution < 1.29 is 0 Å². The van der Waals surface area contributed by atoms with Crippen LogP contribution in [0.1, 0.15) is 31.4 Å². The second-order valence-electron chi connectivity index (χ2n) is 5.00. The molecule has 6 heteroatoms. The molecule has 1 saturated carbocycles. The van der Waals surface area contributed by atoms with Crippen molar-refractivity contribution in [2.45, 2.75) is 32.2 Å². The number of nitrogens with zero attached hydrogens (tertiary/aromatic N) is 2. The average Bonchev–Trinajstić information content (AvgIpc) is 3.20. The molecule has 2 N–H and O–H groups in total. The molecule has 1 aliphatic carbocycles. The van der Waals surface area contributed by atoms with Gasteiger partial charge in [-0.25, -0.2) is 4.68 Å². The van der Waals surface area contributed by atoms with E-state index in [1.54, 1.807) is 22.9 Å². The molecule has 0 saturated heterocycles. The highest BCUT2D eigenvalue weighted by molar-refractivity contribution is 6.35. The predicted octanol–water partition coefficient (Wildman–Crippen LogP) is 3.43. The highest BCUT2D eigenvalue weighted by Gasteiger charge is 2.32. The lowest BCUT2D eigenvalue weighted by Gasteiger charge is -2.14. The Bertz CT molecular complexity index is 729. The molecular weight excluding hydrogens is 297 g/mol. The number of hydrogen-bond donors (Lipinski definition) is 1. The Morgan fingerprint density at radius 1 is 1.35 bits per heavy atom. The summed E-state index contributed by atoms with van der Waals surface area (Å²) in [6, 6.07) is 5.09. The van der Waals surface area contributed by atoms with Gasteiger partial charge in [0.15, 0.2) is 0 Å². The molecule has 0 spiro atoms. The van der Waals surface area contributed by atoms with Gasteiger partial charge in [0.25, 0.3) is 5.56 Å². The molecule has 1 aliphatic rings. The number of nitrogens with two attached hydrogens (primary N) is 1. The van der Waals surface area contributed by atoms with Gasteiger partial charge in [-0.15, -0.1) is 0 Å². The fourth-order valence-electron chi connectivity index (χ4n) is 2.57. The van der Waals surface area contributed by atoms with Crippen LogP contribution in [0.4, 0.5) is 5.69 Å². The van der Waals surface area contributed by atoms with E-state index in [2.05, 4.69) is 0 Å². The number of aromatic nitrogens is 2. The third kappa shape index (κ3) is 2.03. The summed E-state index contributed by atoms with van der Waals surface area (Å²) in [5.74, 6) is 0.398. The predicted molar refractivity (Wildman–Crippen MR) is 82.1 cm³/mol.